The number of rotatable bonds is 4. The van der Waals surface area contributed by atoms with Crippen LogP contribution in [0.3, 0.4) is 0 Å². The molecule has 0 saturated carbocycles. The van der Waals surface area contributed by atoms with Crippen LogP contribution < -0.4 is 0 Å². The molecule has 0 spiro atoms. The molecule has 7 heteroatoms. The molecule has 22 heavy (non-hydrogen) atoms. The Morgan fingerprint density at radius 2 is 1.86 bits per heavy atom. The minimum atomic E-state index is -1.07. The van der Waals surface area contributed by atoms with Gasteiger partial charge in [0.1, 0.15) is 5.60 Å². The lowest BCUT2D eigenvalue weighted by Gasteiger charge is -2.46. The Labute approximate surface area is 131 Å². The number of carbonyl (C=O) groups excluding carboxylic acids is 1. The highest BCUT2D eigenvalue weighted by Gasteiger charge is 2.47. The van der Waals surface area contributed by atoms with E-state index in [0.717, 1.165) is 0 Å². The first-order valence-electron chi connectivity index (χ1n) is 7.33. The molecule has 1 N–H and O–H groups in total. The highest BCUT2D eigenvalue weighted by atomic mass is 16.6. The van der Waals surface area contributed by atoms with Gasteiger partial charge in [0, 0.05) is 19.1 Å². The summed E-state index contributed by atoms with van der Waals surface area (Å²) in [6.07, 6.45) is -1.52. The molecule has 1 aliphatic heterocycles. The maximum atomic E-state index is 12.4. The molecule has 128 valence electrons. The van der Waals surface area contributed by atoms with Crippen molar-refractivity contribution >= 4 is 12.1 Å². The number of ether oxygens (including phenoxy) is 3. The van der Waals surface area contributed by atoms with Gasteiger partial charge in [-0.25, -0.2) is 9.59 Å². The standard InChI is InChI=1S/C15H27NO6/c1-14(2,3)22-13(19)16-7-8-21-9-10(16)15(4,5)11(20-6)12(17)18/h10-11H,7-9H2,1-6H3,(H,17,18). The Balaban J connectivity index is 3.02. The van der Waals surface area contributed by atoms with Gasteiger partial charge in [-0.3, -0.25) is 4.90 Å². The zero-order chi connectivity index (χ0) is 17.1. The van der Waals surface area contributed by atoms with Crippen LogP contribution in [0.25, 0.3) is 0 Å². The van der Waals surface area contributed by atoms with Crippen molar-refractivity contribution in [2.45, 2.75) is 52.4 Å². The van der Waals surface area contributed by atoms with Gasteiger partial charge in [-0.2, -0.15) is 0 Å². The number of methoxy groups -OCH3 is 1. The van der Waals surface area contributed by atoms with Crippen LogP contribution in [-0.4, -0.2) is 66.7 Å². The molecular weight excluding hydrogens is 290 g/mol. The summed E-state index contributed by atoms with van der Waals surface area (Å²) in [5.74, 6) is -1.07. The van der Waals surface area contributed by atoms with Crippen LogP contribution >= 0.6 is 0 Å². The molecule has 0 aromatic carbocycles. The second-order valence-electron chi connectivity index (χ2n) is 7.04. The van der Waals surface area contributed by atoms with Crippen molar-refractivity contribution in [3.05, 3.63) is 0 Å². The van der Waals surface area contributed by atoms with Crippen LogP contribution in [0.15, 0.2) is 0 Å². The van der Waals surface area contributed by atoms with Gasteiger partial charge in [0.15, 0.2) is 6.10 Å². The summed E-state index contributed by atoms with van der Waals surface area (Å²) < 4.78 is 16.0. The molecule has 0 aromatic rings. The molecule has 1 aliphatic rings. The molecule has 7 nitrogen and oxygen atoms in total. The summed E-state index contributed by atoms with van der Waals surface area (Å²) in [6, 6.07) is -0.447. The number of carbonyl (C=O) groups is 2. The first-order valence-corrected chi connectivity index (χ1v) is 7.33. The predicted molar refractivity (Wildman–Crippen MR) is 79.8 cm³/mol. The summed E-state index contributed by atoms with van der Waals surface area (Å²) in [6.45, 7) is 9.90. The quantitative estimate of drug-likeness (QED) is 0.850. The summed E-state index contributed by atoms with van der Waals surface area (Å²) >= 11 is 0. The molecular formula is C15H27NO6. The van der Waals surface area contributed by atoms with Gasteiger partial charge in [-0.15, -0.1) is 0 Å². The van der Waals surface area contributed by atoms with Gasteiger partial charge in [0.25, 0.3) is 0 Å². The van der Waals surface area contributed by atoms with E-state index in [-0.39, 0.29) is 6.61 Å². The Morgan fingerprint density at radius 3 is 2.32 bits per heavy atom. The van der Waals surface area contributed by atoms with E-state index in [1.807, 2.05) is 0 Å². The van der Waals surface area contributed by atoms with Crippen molar-refractivity contribution in [2.75, 3.05) is 26.9 Å². The number of aliphatic carboxylic acids is 1. The van der Waals surface area contributed by atoms with E-state index in [4.69, 9.17) is 14.2 Å². The average molecular weight is 317 g/mol. The molecule has 0 aromatic heterocycles. The fourth-order valence-electron chi connectivity index (χ4n) is 2.66. The predicted octanol–water partition coefficient (Wildman–Crippen LogP) is 1.75. The second-order valence-corrected chi connectivity index (χ2v) is 7.04. The van der Waals surface area contributed by atoms with E-state index in [9.17, 15) is 14.7 Å². The number of amides is 1. The van der Waals surface area contributed by atoms with E-state index >= 15 is 0 Å². The average Bonchev–Trinajstić information content (AvgIpc) is 2.36. The Kier molecular flexibility index (Phi) is 5.81. The Morgan fingerprint density at radius 1 is 1.27 bits per heavy atom. The lowest BCUT2D eigenvalue weighted by Crippen LogP contribution is -2.60. The zero-order valence-electron chi connectivity index (χ0n) is 14.2. The minimum Gasteiger partial charge on any atom is -0.479 e. The van der Waals surface area contributed by atoms with E-state index in [1.54, 1.807) is 39.5 Å². The van der Waals surface area contributed by atoms with Gasteiger partial charge in [0.05, 0.1) is 19.3 Å². The summed E-state index contributed by atoms with van der Waals surface area (Å²) in [4.78, 5) is 25.4. The molecule has 2 atom stereocenters. The molecule has 0 radical (unpaired) electrons. The monoisotopic (exact) mass is 317 g/mol. The van der Waals surface area contributed by atoms with Crippen molar-refractivity contribution in [2.24, 2.45) is 5.41 Å². The third-order valence-electron chi connectivity index (χ3n) is 3.75. The largest absolute Gasteiger partial charge is 0.479 e. The van der Waals surface area contributed by atoms with E-state index in [1.165, 1.54) is 7.11 Å². The highest BCUT2D eigenvalue weighted by Crippen LogP contribution is 2.34. The van der Waals surface area contributed by atoms with Crippen LogP contribution in [0.1, 0.15) is 34.6 Å². The van der Waals surface area contributed by atoms with Crippen molar-refractivity contribution < 1.29 is 28.9 Å². The second kappa shape index (κ2) is 6.83. The van der Waals surface area contributed by atoms with Crippen molar-refractivity contribution in [1.82, 2.24) is 4.90 Å². The molecule has 0 bridgehead atoms. The molecule has 0 aliphatic carbocycles. The van der Waals surface area contributed by atoms with Crippen molar-refractivity contribution in [3.63, 3.8) is 0 Å². The zero-order valence-corrected chi connectivity index (χ0v) is 14.2. The molecule has 1 amide bonds. The fourth-order valence-corrected chi connectivity index (χ4v) is 2.66. The summed E-state index contributed by atoms with van der Waals surface area (Å²) in [5.41, 5.74) is -1.45. The third-order valence-corrected chi connectivity index (χ3v) is 3.75. The topological polar surface area (TPSA) is 85.3 Å². The minimum absolute atomic E-state index is 0.249. The summed E-state index contributed by atoms with van der Waals surface area (Å²) in [5, 5.41) is 9.35. The number of hydrogen-bond acceptors (Lipinski definition) is 5. The van der Waals surface area contributed by atoms with Crippen LogP contribution in [-0.2, 0) is 19.0 Å². The molecule has 1 heterocycles. The molecule has 1 saturated heterocycles. The van der Waals surface area contributed by atoms with Gasteiger partial charge in [0.2, 0.25) is 0 Å². The lowest BCUT2D eigenvalue weighted by atomic mass is 9.78. The van der Waals surface area contributed by atoms with Crippen molar-refractivity contribution in [1.29, 1.82) is 0 Å². The normalized spacial score (nSPS) is 21.4. The molecule has 2 unspecified atom stereocenters. The number of carboxylic acid groups (broad SMARTS) is 1. The van der Waals surface area contributed by atoms with Crippen LogP contribution in [0, 0.1) is 5.41 Å². The lowest BCUT2D eigenvalue weighted by molar-refractivity contribution is -0.164. The maximum absolute atomic E-state index is 12.4. The van der Waals surface area contributed by atoms with Gasteiger partial charge in [-0.1, -0.05) is 13.8 Å². The molecule has 1 fully saturated rings. The highest BCUT2D eigenvalue weighted by molar-refractivity contribution is 5.74. The van der Waals surface area contributed by atoms with Crippen LogP contribution in [0.4, 0.5) is 4.79 Å². The maximum Gasteiger partial charge on any atom is 0.410 e. The Bertz CT molecular complexity index is 415. The number of carboxylic acids is 1. The number of hydrogen-bond donors (Lipinski definition) is 1. The molecule has 1 rings (SSSR count). The first kappa shape index (κ1) is 18.7. The van der Waals surface area contributed by atoms with Crippen LogP contribution in [0.2, 0.25) is 0 Å². The van der Waals surface area contributed by atoms with Crippen LogP contribution in [0.5, 0.6) is 0 Å². The number of nitrogens with zero attached hydrogens (tertiary/aromatic N) is 1. The van der Waals surface area contributed by atoms with E-state index in [2.05, 4.69) is 0 Å². The third kappa shape index (κ3) is 4.33. The Hall–Kier alpha value is -1.34. The smallest absolute Gasteiger partial charge is 0.410 e. The van der Waals surface area contributed by atoms with E-state index < -0.39 is 35.2 Å². The van der Waals surface area contributed by atoms with Gasteiger partial charge < -0.3 is 19.3 Å². The first-order chi connectivity index (χ1) is 10.0. The fraction of sp³-hybridized carbons (Fsp3) is 0.867. The van der Waals surface area contributed by atoms with Gasteiger partial charge >= 0.3 is 12.1 Å². The SMILES string of the molecule is COC(C(=O)O)C(C)(C)C1COCCN1C(=O)OC(C)(C)C. The van der Waals surface area contributed by atoms with Crippen molar-refractivity contribution in [3.8, 4) is 0 Å². The summed E-state index contributed by atoms with van der Waals surface area (Å²) in [7, 11) is 1.35. The number of morpholine rings is 1. The van der Waals surface area contributed by atoms with Gasteiger partial charge in [-0.05, 0) is 20.8 Å². The van der Waals surface area contributed by atoms with E-state index in [0.29, 0.717) is 13.2 Å².